The molecule has 2 amide bonds. The molecular weight excluding hydrogens is 536 g/mol. The van der Waals surface area contributed by atoms with Gasteiger partial charge < -0.3 is 14.5 Å². The molecule has 0 radical (unpaired) electrons. The zero-order valence-corrected chi connectivity index (χ0v) is 23.6. The first-order valence-electron chi connectivity index (χ1n) is 14.1. The Morgan fingerprint density at radius 3 is 2.31 bits per heavy atom. The SMILES string of the molecule is COc1ccc(CN2Cc3nc(-c4c(F)cccc4F)cc(Cc4ccc(C(=O)N5CCCC5)cc4)c3C2=O)c(C)c1. The van der Waals surface area contributed by atoms with Crippen molar-refractivity contribution in [1.29, 1.82) is 0 Å². The van der Waals surface area contributed by atoms with Crippen molar-refractivity contribution in [2.24, 2.45) is 0 Å². The summed E-state index contributed by atoms with van der Waals surface area (Å²) in [4.78, 5) is 34.8. The highest BCUT2D eigenvalue weighted by atomic mass is 19.1. The van der Waals surface area contributed by atoms with Gasteiger partial charge in [0.05, 0.1) is 36.2 Å². The number of benzene rings is 3. The topological polar surface area (TPSA) is 62.7 Å². The summed E-state index contributed by atoms with van der Waals surface area (Å²) in [7, 11) is 1.61. The van der Waals surface area contributed by atoms with E-state index in [1.165, 1.54) is 18.2 Å². The van der Waals surface area contributed by atoms with Crippen LogP contribution in [0.2, 0.25) is 0 Å². The minimum absolute atomic E-state index is 0.0146. The quantitative estimate of drug-likeness (QED) is 0.262. The zero-order chi connectivity index (χ0) is 29.4. The van der Waals surface area contributed by atoms with E-state index in [1.54, 1.807) is 30.2 Å². The van der Waals surface area contributed by atoms with Crippen molar-refractivity contribution < 1.29 is 23.1 Å². The molecule has 0 atom stereocenters. The monoisotopic (exact) mass is 567 g/mol. The number of rotatable bonds is 7. The normalized spacial score (nSPS) is 14.4. The van der Waals surface area contributed by atoms with Gasteiger partial charge in [0.1, 0.15) is 17.4 Å². The highest BCUT2D eigenvalue weighted by Crippen LogP contribution is 2.34. The number of methoxy groups -OCH3 is 1. The molecule has 3 heterocycles. The third kappa shape index (κ3) is 5.24. The molecule has 0 saturated carbocycles. The summed E-state index contributed by atoms with van der Waals surface area (Å²) in [6.07, 6.45) is 2.38. The average Bonchev–Trinajstić information content (AvgIpc) is 3.63. The van der Waals surface area contributed by atoms with Gasteiger partial charge in [-0.05, 0) is 90.9 Å². The Morgan fingerprint density at radius 2 is 1.64 bits per heavy atom. The van der Waals surface area contributed by atoms with Gasteiger partial charge in [-0.3, -0.25) is 9.59 Å². The summed E-state index contributed by atoms with van der Waals surface area (Å²) in [6.45, 7) is 4.09. The van der Waals surface area contributed by atoms with E-state index >= 15 is 0 Å². The zero-order valence-electron chi connectivity index (χ0n) is 23.6. The second kappa shape index (κ2) is 11.4. The summed E-state index contributed by atoms with van der Waals surface area (Å²) in [6, 6.07) is 18.4. The van der Waals surface area contributed by atoms with Gasteiger partial charge in [0, 0.05) is 25.2 Å². The Balaban J connectivity index is 1.35. The van der Waals surface area contributed by atoms with Gasteiger partial charge in [-0.2, -0.15) is 0 Å². The predicted octanol–water partition coefficient (Wildman–Crippen LogP) is 6.33. The van der Waals surface area contributed by atoms with Crippen LogP contribution in [0.5, 0.6) is 5.75 Å². The lowest BCUT2D eigenvalue weighted by molar-refractivity contribution is 0.0763. The fourth-order valence-electron chi connectivity index (χ4n) is 5.85. The molecule has 8 heteroatoms. The van der Waals surface area contributed by atoms with Crippen LogP contribution in [-0.2, 0) is 19.5 Å². The first-order chi connectivity index (χ1) is 20.3. The van der Waals surface area contributed by atoms with E-state index in [4.69, 9.17) is 4.74 Å². The molecule has 1 aromatic heterocycles. The number of aromatic nitrogens is 1. The average molecular weight is 568 g/mol. The van der Waals surface area contributed by atoms with Gasteiger partial charge in [-0.1, -0.05) is 24.3 Å². The number of ether oxygens (including phenoxy) is 1. The highest BCUT2D eigenvalue weighted by molar-refractivity contribution is 6.00. The van der Waals surface area contributed by atoms with Crippen LogP contribution in [-0.4, -0.2) is 46.8 Å². The highest BCUT2D eigenvalue weighted by Gasteiger charge is 2.33. The van der Waals surface area contributed by atoms with Crippen molar-refractivity contribution in [2.75, 3.05) is 20.2 Å². The van der Waals surface area contributed by atoms with Gasteiger partial charge in [0.2, 0.25) is 0 Å². The third-order valence-electron chi connectivity index (χ3n) is 8.14. The van der Waals surface area contributed by atoms with Crippen molar-refractivity contribution >= 4 is 11.8 Å². The first-order valence-corrected chi connectivity index (χ1v) is 14.1. The van der Waals surface area contributed by atoms with Gasteiger partial charge in [0.15, 0.2) is 0 Å². The van der Waals surface area contributed by atoms with E-state index in [0.29, 0.717) is 35.3 Å². The van der Waals surface area contributed by atoms with E-state index in [1.807, 2.05) is 42.2 Å². The minimum Gasteiger partial charge on any atom is -0.497 e. The van der Waals surface area contributed by atoms with Crippen LogP contribution in [0.3, 0.4) is 0 Å². The summed E-state index contributed by atoms with van der Waals surface area (Å²) in [5.74, 6) is -0.854. The number of amides is 2. The first kappa shape index (κ1) is 27.6. The van der Waals surface area contributed by atoms with Gasteiger partial charge in [0.25, 0.3) is 11.8 Å². The number of carbonyl (C=O) groups excluding carboxylic acids is 2. The van der Waals surface area contributed by atoms with Crippen LogP contribution in [0.15, 0.2) is 66.7 Å². The number of halogens is 2. The number of likely N-dealkylation sites (tertiary alicyclic amines) is 1. The molecule has 0 N–H and O–H groups in total. The summed E-state index contributed by atoms with van der Waals surface area (Å²) < 4.78 is 35.0. The Labute approximate surface area is 243 Å². The smallest absolute Gasteiger partial charge is 0.256 e. The standard InChI is InChI=1S/C34H31F2N3O3/c1-21-16-26(42-2)13-12-24(21)19-39-20-30-31(34(39)41)25(18-29(37-30)32-27(35)6-5-7-28(32)36)17-22-8-10-23(11-9-22)33(40)38-14-3-4-15-38/h5-13,16,18H,3-4,14-15,17,19-20H2,1-2H3. The maximum atomic E-state index is 14.8. The number of hydrogen-bond donors (Lipinski definition) is 0. The largest absolute Gasteiger partial charge is 0.497 e. The van der Waals surface area contributed by atoms with Gasteiger partial charge in [-0.25, -0.2) is 13.8 Å². The van der Waals surface area contributed by atoms with Gasteiger partial charge >= 0.3 is 0 Å². The molecule has 1 fully saturated rings. The number of pyridine rings is 1. The molecule has 42 heavy (non-hydrogen) atoms. The molecule has 214 valence electrons. The van der Waals surface area contributed by atoms with Gasteiger partial charge in [-0.15, -0.1) is 0 Å². The van der Waals surface area contributed by atoms with Crippen LogP contribution in [0, 0.1) is 18.6 Å². The molecule has 4 aromatic rings. The van der Waals surface area contributed by atoms with Crippen LogP contribution in [0.25, 0.3) is 11.3 Å². The number of hydrogen-bond acceptors (Lipinski definition) is 4. The fourth-order valence-corrected chi connectivity index (χ4v) is 5.85. The van der Waals surface area contributed by atoms with Crippen LogP contribution < -0.4 is 4.74 Å². The number of aryl methyl sites for hydroxylation is 1. The Kier molecular flexibility index (Phi) is 7.45. The Morgan fingerprint density at radius 1 is 0.929 bits per heavy atom. The fraction of sp³-hybridized carbons (Fsp3) is 0.265. The lowest BCUT2D eigenvalue weighted by Crippen LogP contribution is -2.27. The molecule has 0 unspecified atom stereocenters. The lowest BCUT2D eigenvalue weighted by Gasteiger charge is -2.17. The van der Waals surface area contributed by atoms with Crippen molar-refractivity contribution in [1.82, 2.24) is 14.8 Å². The molecule has 0 spiro atoms. The van der Waals surface area contributed by atoms with Crippen LogP contribution in [0.4, 0.5) is 8.78 Å². The Bertz CT molecular complexity index is 1660. The second-order valence-corrected chi connectivity index (χ2v) is 10.9. The Hall–Kier alpha value is -4.59. The molecule has 6 nitrogen and oxygen atoms in total. The minimum atomic E-state index is -0.715. The second-order valence-electron chi connectivity index (χ2n) is 10.9. The van der Waals surface area contributed by atoms with Crippen molar-refractivity contribution in [3.8, 4) is 17.0 Å². The van der Waals surface area contributed by atoms with Crippen molar-refractivity contribution in [3.63, 3.8) is 0 Å². The van der Waals surface area contributed by atoms with E-state index in [-0.39, 0.29) is 29.6 Å². The molecule has 3 aromatic carbocycles. The van der Waals surface area contributed by atoms with E-state index in [2.05, 4.69) is 4.98 Å². The molecule has 2 aliphatic rings. The molecule has 6 rings (SSSR count). The van der Waals surface area contributed by atoms with Crippen molar-refractivity contribution in [2.45, 2.75) is 39.3 Å². The molecule has 0 bridgehead atoms. The number of carbonyl (C=O) groups is 2. The maximum Gasteiger partial charge on any atom is 0.256 e. The lowest BCUT2D eigenvalue weighted by atomic mass is 9.96. The van der Waals surface area contributed by atoms with Crippen LogP contribution in [0.1, 0.15) is 61.5 Å². The number of nitrogens with zero attached hydrogens (tertiary/aromatic N) is 3. The van der Waals surface area contributed by atoms with Crippen molar-refractivity contribution in [3.05, 3.63) is 117 Å². The van der Waals surface area contributed by atoms with E-state index < -0.39 is 11.6 Å². The third-order valence-corrected chi connectivity index (χ3v) is 8.14. The predicted molar refractivity (Wildman–Crippen MR) is 155 cm³/mol. The summed E-state index contributed by atoms with van der Waals surface area (Å²) in [5.41, 5.74) is 4.96. The summed E-state index contributed by atoms with van der Waals surface area (Å²) >= 11 is 0. The van der Waals surface area contributed by atoms with E-state index in [9.17, 15) is 18.4 Å². The van der Waals surface area contributed by atoms with Crippen LogP contribution >= 0.6 is 0 Å². The van der Waals surface area contributed by atoms with E-state index in [0.717, 1.165) is 48.4 Å². The molecule has 2 aliphatic heterocycles. The number of fused-ring (bicyclic) bond motifs is 1. The molecular formula is C34H31F2N3O3. The molecule has 0 aliphatic carbocycles. The maximum absolute atomic E-state index is 14.8. The molecule has 1 saturated heterocycles. The summed E-state index contributed by atoms with van der Waals surface area (Å²) in [5, 5.41) is 0.